The number of carboxylic acids is 3. The Morgan fingerprint density at radius 1 is 0.784 bits per heavy atom. The summed E-state index contributed by atoms with van der Waals surface area (Å²) >= 11 is 0.486. The molecule has 0 saturated carbocycles. The fourth-order valence-corrected chi connectivity index (χ4v) is 3.79. The summed E-state index contributed by atoms with van der Waals surface area (Å²) in [6.07, 6.45) is -2.16. The van der Waals surface area contributed by atoms with Crippen LogP contribution in [0.5, 0.6) is 0 Å². The highest BCUT2D eigenvalue weighted by Crippen LogP contribution is 2.35. The van der Waals surface area contributed by atoms with Gasteiger partial charge in [-0.1, -0.05) is 13.8 Å². The normalized spacial score (nSPS) is 19.5. The third-order valence-corrected chi connectivity index (χ3v) is 6.39. The van der Waals surface area contributed by atoms with Gasteiger partial charge in [0, 0.05) is 20.3 Å². The number of thiol groups is 1. The summed E-state index contributed by atoms with van der Waals surface area (Å²) in [7, 11) is 0. The second-order valence-electron chi connectivity index (χ2n) is 8.97. The Hall–Kier alpha value is -3.40. The number of carbonyl (C=O) groups excluding carboxylic acids is 4. The third-order valence-electron chi connectivity index (χ3n) is 5.32. The van der Waals surface area contributed by atoms with E-state index in [1.165, 1.54) is 0 Å². The molecule has 37 heavy (non-hydrogen) atoms. The first-order valence-electron chi connectivity index (χ1n) is 11.3. The van der Waals surface area contributed by atoms with Crippen molar-refractivity contribution in [1.29, 1.82) is 0 Å². The van der Waals surface area contributed by atoms with Crippen LogP contribution in [0.15, 0.2) is 0 Å². The summed E-state index contributed by atoms with van der Waals surface area (Å²) in [5.41, 5.74) is 0. The Bertz CT molecular complexity index is 906. The Morgan fingerprint density at radius 2 is 1.32 bits per heavy atom. The zero-order valence-electron chi connectivity index (χ0n) is 20.8. The van der Waals surface area contributed by atoms with Gasteiger partial charge in [-0.25, -0.2) is 0 Å². The number of aliphatic carboxylic acids is 3. The molecule has 1 saturated heterocycles. The van der Waals surface area contributed by atoms with Crippen LogP contribution in [-0.2, 0) is 49.8 Å². The molecule has 0 bridgehead atoms. The molecule has 15 nitrogen and oxygen atoms in total. The van der Waals surface area contributed by atoms with Gasteiger partial charge in [0.05, 0.1) is 12.8 Å². The van der Waals surface area contributed by atoms with Gasteiger partial charge in [0.15, 0.2) is 12.0 Å². The molecule has 0 aromatic rings. The van der Waals surface area contributed by atoms with E-state index in [1.54, 1.807) is 20.8 Å². The summed E-state index contributed by atoms with van der Waals surface area (Å²) in [5, 5.41) is 36.6. The second-order valence-corrected chi connectivity index (χ2v) is 10.2. The molecule has 16 heteroatoms. The minimum absolute atomic E-state index is 0.397. The Balaban J connectivity index is 3.05. The summed E-state index contributed by atoms with van der Waals surface area (Å²) in [4.78, 5) is 82.5. The molecule has 208 valence electrons. The van der Waals surface area contributed by atoms with E-state index in [0.717, 1.165) is 6.92 Å². The molecule has 0 aromatic carbocycles. The molecule has 0 aromatic heterocycles. The van der Waals surface area contributed by atoms with Gasteiger partial charge in [0.25, 0.3) is 0 Å². The number of hydrogen-bond donors (Lipinski definition) is 7. The van der Waals surface area contributed by atoms with Gasteiger partial charge >= 0.3 is 22.8 Å². The number of nitrogens with one attached hydrogen (secondary N) is 4. The number of carboxylic acid groups (broad SMARTS) is 3. The lowest BCUT2D eigenvalue weighted by molar-refractivity contribution is -0.141. The molecular formula is C21H33N4O11S+. The highest BCUT2D eigenvalue weighted by Gasteiger charge is 2.62. The number of amides is 4. The maximum absolute atomic E-state index is 13.0. The van der Waals surface area contributed by atoms with Crippen LogP contribution in [-0.4, -0.2) is 86.0 Å². The van der Waals surface area contributed by atoms with Gasteiger partial charge in [-0.3, -0.25) is 33.6 Å². The van der Waals surface area contributed by atoms with E-state index in [4.69, 9.17) is 19.5 Å². The third kappa shape index (κ3) is 11.0. The van der Waals surface area contributed by atoms with Crippen LogP contribution in [0.3, 0.4) is 0 Å². The van der Waals surface area contributed by atoms with Crippen molar-refractivity contribution in [1.82, 2.24) is 21.3 Å². The predicted octanol–water partition coefficient (Wildman–Crippen LogP) is -2.11. The molecule has 1 fully saturated rings. The van der Waals surface area contributed by atoms with E-state index >= 15 is 0 Å². The van der Waals surface area contributed by atoms with Crippen LogP contribution in [0.4, 0.5) is 0 Å². The molecule has 0 spiro atoms. The van der Waals surface area contributed by atoms with Gasteiger partial charge < -0.3 is 36.6 Å². The molecule has 4 amide bonds. The summed E-state index contributed by atoms with van der Waals surface area (Å²) < 4.78 is 5.23. The topological polar surface area (TPSA) is 241 Å². The molecule has 0 aliphatic carbocycles. The number of carbonyl (C=O) groups is 7. The Morgan fingerprint density at radius 3 is 1.76 bits per heavy atom. The molecule has 1 heterocycles. The molecule has 0 radical (unpaired) electrons. The zero-order valence-corrected chi connectivity index (χ0v) is 21.7. The lowest BCUT2D eigenvalue weighted by atomic mass is 10.00. The first kappa shape index (κ1) is 31.6. The SMILES string of the molecule is CC(=O)N[C@@H](CC(=O)O)C(=O)N[C@@H](CCC(=O)O)C(=O)N[C@H](C(=O)N[C@@H](CC(=O)O)[C@]1(C)O[SH+]1)C(C)C. The fourth-order valence-electron chi connectivity index (χ4n) is 3.24. The van der Waals surface area contributed by atoms with Gasteiger partial charge in [-0.2, -0.15) is 0 Å². The monoisotopic (exact) mass is 549 g/mol. The highest BCUT2D eigenvalue weighted by atomic mass is 32.2. The fraction of sp³-hybridized carbons (Fsp3) is 0.667. The molecule has 1 rings (SSSR count). The summed E-state index contributed by atoms with van der Waals surface area (Å²) in [6.45, 7) is 5.89. The van der Waals surface area contributed by atoms with Crippen molar-refractivity contribution in [2.75, 3.05) is 0 Å². The average Bonchev–Trinajstić information content (AvgIpc) is 3.50. The van der Waals surface area contributed by atoms with Crippen LogP contribution in [0, 0.1) is 5.92 Å². The lowest BCUT2D eigenvalue weighted by Gasteiger charge is -2.27. The molecule has 1 aliphatic heterocycles. The Kier molecular flexibility index (Phi) is 11.8. The van der Waals surface area contributed by atoms with Crippen molar-refractivity contribution in [2.45, 2.75) is 82.5 Å². The van der Waals surface area contributed by atoms with Crippen LogP contribution >= 0.6 is 0 Å². The van der Waals surface area contributed by atoms with Crippen molar-refractivity contribution in [3.63, 3.8) is 0 Å². The lowest BCUT2D eigenvalue weighted by Crippen LogP contribution is -2.59. The first-order valence-corrected chi connectivity index (χ1v) is 12.1. The van der Waals surface area contributed by atoms with Crippen molar-refractivity contribution in [3.05, 3.63) is 0 Å². The molecule has 7 N–H and O–H groups in total. The Labute approximate surface area is 216 Å². The zero-order chi connectivity index (χ0) is 28.5. The van der Waals surface area contributed by atoms with Crippen LogP contribution in [0.1, 0.15) is 53.4 Å². The largest absolute Gasteiger partial charge is 0.481 e. The van der Waals surface area contributed by atoms with E-state index in [9.17, 15) is 33.6 Å². The molecule has 0 unspecified atom stereocenters. The van der Waals surface area contributed by atoms with Crippen LogP contribution in [0.2, 0.25) is 0 Å². The van der Waals surface area contributed by atoms with E-state index in [-0.39, 0.29) is 0 Å². The van der Waals surface area contributed by atoms with Crippen molar-refractivity contribution in [2.24, 2.45) is 5.92 Å². The van der Waals surface area contributed by atoms with E-state index in [1.807, 2.05) is 0 Å². The molecule has 5 atom stereocenters. The van der Waals surface area contributed by atoms with Gasteiger partial charge in [-0.05, 0) is 12.3 Å². The van der Waals surface area contributed by atoms with Gasteiger partial charge in [0.2, 0.25) is 23.6 Å². The average molecular weight is 550 g/mol. The maximum Gasteiger partial charge on any atom is 0.323 e. The van der Waals surface area contributed by atoms with Crippen molar-refractivity contribution in [3.8, 4) is 0 Å². The van der Waals surface area contributed by atoms with Crippen LogP contribution in [0.25, 0.3) is 0 Å². The van der Waals surface area contributed by atoms with E-state index < -0.39 is 102 Å². The van der Waals surface area contributed by atoms with E-state index in [0.29, 0.717) is 12.0 Å². The molecule has 1 aliphatic rings. The highest BCUT2D eigenvalue weighted by molar-refractivity contribution is 7.81. The smallest absolute Gasteiger partial charge is 0.323 e. The molecular weight excluding hydrogens is 516 g/mol. The first-order chi connectivity index (χ1) is 17.1. The number of hydrogen-bond acceptors (Lipinski definition) is 8. The number of rotatable bonds is 16. The minimum Gasteiger partial charge on any atom is -0.481 e. The second kappa shape index (κ2) is 13.8. The minimum atomic E-state index is -1.53. The van der Waals surface area contributed by atoms with Crippen molar-refractivity contribution < 1.29 is 53.1 Å². The van der Waals surface area contributed by atoms with Crippen LogP contribution < -0.4 is 21.3 Å². The quantitative estimate of drug-likeness (QED) is 0.0624. The van der Waals surface area contributed by atoms with E-state index in [2.05, 4.69) is 21.3 Å². The van der Waals surface area contributed by atoms with Gasteiger partial charge in [0.1, 0.15) is 24.2 Å². The maximum atomic E-state index is 13.0. The summed E-state index contributed by atoms with van der Waals surface area (Å²) in [5.74, 6) is -7.73. The summed E-state index contributed by atoms with van der Waals surface area (Å²) in [6, 6.07) is -5.11. The standard InChI is InChI=1S/C21H32N4O11S/c1-9(2)17(20(35)24-13(8-16(31)32)21(4)36-37-21)25-18(33)11(5-6-14(27)28)23-19(34)12(7-15(29)30)22-10(3)26/h9,11-13,17H,5-8H2,1-4H3,(H,22,26)(H,23,34)(H,24,35)(H,25,33)(H,27,28)(H,29,30)(H,31,32)/p+1/t11-,12-,13-,17-,21+/m0/s1. The van der Waals surface area contributed by atoms with Gasteiger partial charge in [-0.15, -0.1) is 4.18 Å². The van der Waals surface area contributed by atoms with Crippen molar-refractivity contribution >= 4 is 53.6 Å². The predicted molar refractivity (Wildman–Crippen MR) is 128 cm³/mol.